The van der Waals surface area contributed by atoms with E-state index >= 15 is 0 Å². The van der Waals surface area contributed by atoms with Crippen molar-refractivity contribution in [3.05, 3.63) is 33.9 Å². The van der Waals surface area contributed by atoms with Gasteiger partial charge in [-0.15, -0.1) is 0 Å². The summed E-state index contributed by atoms with van der Waals surface area (Å²) in [4.78, 5) is 11.7. The lowest BCUT2D eigenvalue weighted by atomic mass is 10.1. The number of ether oxygens (including phenoxy) is 1. The number of nitrogens with one attached hydrogen (secondary N) is 1. The van der Waals surface area contributed by atoms with E-state index in [0.29, 0.717) is 19.7 Å². The average Bonchev–Trinajstić information content (AvgIpc) is 2.47. The third-order valence-electron chi connectivity index (χ3n) is 3.35. The number of rotatable bonds is 5. The highest BCUT2D eigenvalue weighted by Gasteiger charge is 2.22. The maximum atomic E-state index is 13.1. The molecule has 1 heterocycles. The highest BCUT2D eigenvalue weighted by atomic mass is 19.3. The van der Waals surface area contributed by atoms with Crippen molar-refractivity contribution in [2.75, 3.05) is 38.2 Å². The maximum absolute atomic E-state index is 13.1. The Bertz CT molecular complexity index is 507. The zero-order chi connectivity index (χ0) is 15.4. The molecule has 0 aromatic heterocycles. The summed E-state index contributed by atoms with van der Waals surface area (Å²) in [6, 6.07) is 3.52. The molecule has 8 heteroatoms. The van der Waals surface area contributed by atoms with Crippen molar-refractivity contribution in [3.8, 4) is 0 Å². The van der Waals surface area contributed by atoms with E-state index in [1.165, 1.54) is 12.1 Å². The fourth-order valence-electron chi connectivity index (χ4n) is 2.32. The second-order valence-electron chi connectivity index (χ2n) is 4.88. The van der Waals surface area contributed by atoms with Gasteiger partial charge < -0.3 is 15.0 Å². The van der Waals surface area contributed by atoms with Crippen LogP contribution in [0.25, 0.3) is 0 Å². The first-order chi connectivity index (χ1) is 9.99. The molecule has 1 aromatic carbocycles. The normalized spacial score (nSPS) is 18.8. The van der Waals surface area contributed by atoms with Crippen LogP contribution in [0.4, 0.5) is 20.2 Å². The van der Waals surface area contributed by atoms with Gasteiger partial charge in [-0.2, -0.15) is 0 Å². The van der Waals surface area contributed by atoms with Gasteiger partial charge >= 0.3 is 0 Å². The van der Waals surface area contributed by atoms with E-state index in [2.05, 4.69) is 5.32 Å². The zero-order valence-electron chi connectivity index (χ0n) is 11.6. The molecule has 21 heavy (non-hydrogen) atoms. The number of nitro benzene ring substituents is 1. The van der Waals surface area contributed by atoms with Gasteiger partial charge in [-0.1, -0.05) is 0 Å². The first-order valence-electron chi connectivity index (χ1n) is 6.59. The quantitative estimate of drug-likeness (QED) is 0.665. The van der Waals surface area contributed by atoms with Gasteiger partial charge in [0.2, 0.25) is 0 Å². The predicted octanol–water partition coefficient (Wildman–Crippen LogP) is 1.96. The van der Waals surface area contributed by atoms with Gasteiger partial charge in [0.05, 0.1) is 17.6 Å². The lowest BCUT2D eigenvalue weighted by Crippen LogP contribution is -2.44. The van der Waals surface area contributed by atoms with Crippen molar-refractivity contribution in [2.45, 2.75) is 12.5 Å². The number of alkyl halides is 2. The van der Waals surface area contributed by atoms with Gasteiger partial charge in [-0.25, -0.2) is 8.78 Å². The molecule has 0 amide bonds. The fraction of sp³-hybridized carbons (Fsp3) is 0.538. The summed E-state index contributed by atoms with van der Waals surface area (Å²) in [7, 11) is 1.67. The smallest absolute Gasteiger partial charge is 0.270 e. The van der Waals surface area contributed by atoms with Crippen molar-refractivity contribution in [1.29, 1.82) is 0 Å². The van der Waals surface area contributed by atoms with Gasteiger partial charge in [-0.05, 0) is 6.07 Å². The Hall–Kier alpha value is -1.80. The Morgan fingerprint density at radius 2 is 2.33 bits per heavy atom. The molecule has 116 valence electrons. The number of halogens is 2. The van der Waals surface area contributed by atoms with Crippen molar-refractivity contribution in [2.24, 2.45) is 0 Å². The number of nitro groups is 1. The topological polar surface area (TPSA) is 67.6 Å². The minimum absolute atomic E-state index is 0.0931. The van der Waals surface area contributed by atoms with Crippen LogP contribution in [-0.4, -0.2) is 44.3 Å². The van der Waals surface area contributed by atoms with Gasteiger partial charge in [0.25, 0.3) is 12.1 Å². The molecule has 1 fully saturated rings. The van der Waals surface area contributed by atoms with Crippen LogP contribution in [0.5, 0.6) is 0 Å². The molecule has 1 atom stereocenters. The monoisotopic (exact) mass is 301 g/mol. The van der Waals surface area contributed by atoms with E-state index in [-0.39, 0.29) is 23.0 Å². The van der Waals surface area contributed by atoms with E-state index in [0.717, 1.165) is 12.6 Å². The van der Waals surface area contributed by atoms with Crippen LogP contribution in [0.2, 0.25) is 0 Å². The van der Waals surface area contributed by atoms with E-state index in [4.69, 9.17) is 4.74 Å². The minimum Gasteiger partial charge on any atom is -0.374 e. The summed E-state index contributed by atoms with van der Waals surface area (Å²) in [5, 5.41) is 13.9. The molecule has 0 spiro atoms. The van der Waals surface area contributed by atoms with Gasteiger partial charge in [-0.3, -0.25) is 10.1 Å². The number of likely N-dealkylation sites (N-methyl/N-ethyl adjacent to an activating group) is 1. The molecule has 1 N–H and O–H groups in total. The SMILES string of the molecule is CN(CC1CNCCO1)c1ccc([N+](=O)[O-])cc1C(F)F. The number of morpholine rings is 1. The largest absolute Gasteiger partial charge is 0.374 e. The summed E-state index contributed by atoms with van der Waals surface area (Å²) >= 11 is 0. The molecule has 6 nitrogen and oxygen atoms in total. The van der Waals surface area contributed by atoms with Crippen molar-refractivity contribution in [1.82, 2.24) is 5.32 Å². The third kappa shape index (κ3) is 3.85. The predicted molar refractivity (Wildman–Crippen MR) is 73.9 cm³/mol. The average molecular weight is 301 g/mol. The molecule has 1 saturated heterocycles. The molecule has 1 aliphatic rings. The van der Waals surface area contributed by atoms with Gasteiger partial charge in [0.15, 0.2) is 0 Å². The van der Waals surface area contributed by atoms with Gasteiger partial charge in [0.1, 0.15) is 0 Å². The Morgan fingerprint density at radius 3 is 2.90 bits per heavy atom. The molecule has 0 aliphatic carbocycles. The minimum atomic E-state index is -2.77. The number of anilines is 1. The van der Waals surface area contributed by atoms with E-state index in [9.17, 15) is 18.9 Å². The van der Waals surface area contributed by atoms with Gasteiger partial charge in [0, 0.05) is 50.1 Å². The Balaban J connectivity index is 2.18. The summed E-state index contributed by atoms with van der Waals surface area (Å²) in [6.07, 6.45) is -2.86. The number of benzene rings is 1. The lowest BCUT2D eigenvalue weighted by molar-refractivity contribution is -0.385. The molecule has 2 rings (SSSR count). The molecular formula is C13H17F2N3O3. The lowest BCUT2D eigenvalue weighted by Gasteiger charge is -2.30. The highest BCUT2D eigenvalue weighted by Crippen LogP contribution is 2.32. The summed E-state index contributed by atoms with van der Waals surface area (Å²) in [5.74, 6) is 0. The molecule has 0 bridgehead atoms. The first-order valence-corrected chi connectivity index (χ1v) is 6.59. The zero-order valence-corrected chi connectivity index (χ0v) is 11.6. The Kier molecular flexibility index (Phi) is 5.03. The molecule has 1 aliphatic heterocycles. The van der Waals surface area contributed by atoms with Crippen LogP contribution in [0.3, 0.4) is 0 Å². The number of hydrogen-bond acceptors (Lipinski definition) is 5. The van der Waals surface area contributed by atoms with E-state index in [1.54, 1.807) is 11.9 Å². The fourth-order valence-corrected chi connectivity index (χ4v) is 2.32. The van der Waals surface area contributed by atoms with E-state index in [1.807, 2.05) is 0 Å². The number of non-ortho nitro benzene ring substituents is 1. The van der Waals surface area contributed by atoms with Crippen molar-refractivity contribution < 1.29 is 18.4 Å². The van der Waals surface area contributed by atoms with Crippen LogP contribution in [0.15, 0.2) is 18.2 Å². The standard InChI is InChI=1S/C13H17F2N3O3/c1-17(8-10-7-16-4-5-21-10)12-3-2-9(18(19)20)6-11(12)13(14)15/h2-3,6,10,13,16H,4-5,7-8H2,1H3. The second kappa shape index (κ2) is 6.77. The maximum Gasteiger partial charge on any atom is 0.270 e. The molecule has 0 radical (unpaired) electrons. The number of hydrogen-bond donors (Lipinski definition) is 1. The molecule has 0 saturated carbocycles. The van der Waals surface area contributed by atoms with Crippen LogP contribution in [-0.2, 0) is 4.74 Å². The van der Waals surface area contributed by atoms with Crippen molar-refractivity contribution >= 4 is 11.4 Å². The number of nitrogens with zero attached hydrogens (tertiary/aromatic N) is 2. The van der Waals surface area contributed by atoms with Crippen LogP contribution < -0.4 is 10.2 Å². The third-order valence-corrected chi connectivity index (χ3v) is 3.35. The van der Waals surface area contributed by atoms with Crippen molar-refractivity contribution in [3.63, 3.8) is 0 Å². The molecule has 1 aromatic rings. The van der Waals surface area contributed by atoms with Crippen LogP contribution >= 0.6 is 0 Å². The summed E-state index contributed by atoms with van der Waals surface area (Å²) < 4.78 is 31.8. The Labute approximate surface area is 120 Å². The Morgan fingerprint density at radius 1 is 1.57 bits per heavy atom. The molecular weight excluding hydrogens is 284 g/mol. The van der Waals surface area contributed by atoms with E-state index < -0.39 is 11.3 Å². The van der Waals surface area contributed by atoms with Crippen LogP contribution in [0, 0.1) is 10.1 Å². The molecule has 1 unspecified atom stereocenters. The second-order valence-corrected chi connectivity index (χ2v) is 4.88. The first kappa shape index (κ1) is 15.6. The van der Waals surface area contributed by atoms with Crippen LogP contribution in [0.1, 0.15) is 12.0 Å². The summed E-state index contributed by atoms with van der Waals surface area (Å²) in [5.41, 5.74) is -0.390. The summed E-state index contributed by atoms with van der Waals surface area (Å²) in [6.45, 7) is 2.45. The highest BCUT2D eigenvalue weighted by molar-refractivity contribution is 5.58.